The third-order valence-electron chi connectivity index (χ3n) is 5.36. The Balaban J connectivity index is 5.63. The summed E-state index contributed by atoms with van der Waals surface area (Å²) in [6.45, 7) is 7.04. The van der Waals surface area contributed by atoms with E-state index < -0.39 is 78.6 Å². The van der Waals surface area contributed by atoms with Gasteiger partial charge in [0, 0.05) is 0 Å². The predicted molar refractivity (Wildman–Crippen MR) is 115 cm³/mol. The first kappa shape index (κ1) is 29.8. The van der Waals surface area contributed by atoms with E-state index in [0.717, 1.165) is 0 Å². The first-order chi connectivity index (χ1) is 15.2. The SMILES string of the molecule is CCC(C)C(N)C(=O)NC(C(=O)NC(CC(=O)O)C(=O)NC(CC(=O)O)C(=O)O)C(C)CC. The van der Waals surface area contributed by atoms with Crippen LogP contribution in [0.25, 0.3) is 0 Å². The first-order valence-corrected chi connectivity index (χ1v) is 10.6. The molecule has 0 saturated heterocycles. The average Bonchev–Trinajstić information content (AvgIpc) is 2.73. The number of carbonyl (C=O) groups is 6. The maximum absolute atomic E-state index is 12.9. The van der Waals surface area contributed by atoms with E-state index in [2.05, 4.69) is 10.6 Å². The average molecular weight is 475 g/mol. The molecule has 0 rings (SSSR count). The minimum atomic E-state index is -1.83. The van der Waals surface area contributed by atoms with Crippen LogP contribution in [0, 0.1) is 11.8 Å². The summed E-state index contributed by atoms with van der Waals surface area (Å²) in [5.41, 5.74) is 5.91. The fourth-order valence-corrected chi connectivity index (χ4v) is 2.76. The smallest absolute Gasteiger partial charge is 0.326 e. The maximum Gasteiger partial charge on any atom is 0.326 e. The van der Waals surface area contributed by atoms with Crippen LogP contribution >= 0.6 is 0 Å². The Kier molecular flexibility index (Phi) is 12.7. The highest BCUT2D eigenvalue weighted by molar-refractivity contribution is 5.96. The Morgan fingerprint density at radius 3 is 1.58 bits per heavy atom. The van der Waals surface area contributed by atoms with Gasteiger partial charge in [-0.25, -0.2) is 4.79 Å². The van der Waals surface area contributed by atoms with E-state index in [1.54, 1.807) is 20.8 Å². The molecule has 0 aliphatic carbocycles. The summed E-state index contributed by atoms with van der Waals surface area (Å²) in [5, 5.41) is 33.7. The quantitative estimate of drug-likeness (QED) is 0.151. The molecular formula is C20H34N4O9. The molecule has 0 fully saturated rings. The maximum atomic E-state index is 12.9. The van der Waals surface area contributed by atoms with Crippen molar-refractivity contribution in [2.24, 2.45) is 17.6 Å². The number of carboxylic acid groups (broad SMARTS) is 3. The second-order valence-electron chi connectivity index (χ2n) is 7.94. The molecule has 6 unspecified atom stereocenters. The predicted octanol–water partition coefficient (Wildman–Crippen LogP) is -1.11. The zero-order chi connectivity index (χ0) is 25.9. The fourth-order valence-electron chi connectivity index (χ4n) is 2.76. The van der Waals surface area contributed by atoms with Gasteiger partial charge in [0.2, 0.25) is 17.7 Å². The van der Waals surface area contributed by atoms with Crippen molar-refractivity contribution in [3.05, 3.63) is 0 Å². The minimum Gasteiger partial charge on any atom is -0.481 e. The number of nitrogens with one attached hydrogen (secondary N) is 3. The summed E-state index contributed by atoms with van der Waals surface area (Å²) in [6, 6.07) is -5.57. The lowest BCUT2D eigenvalue weighted by atomic mass is 9.95. The van der Waals surface area contributed by atoms with Crippen LogP contribution in [0.1, 0.15) is 53.4 Å². The van der Waals surface area contributed by atoms with Crippen molar-refractivity contribution in [2.45, 2.75) is 77.5 Å². The molecular weight excluding hydrogens is 440 g/mol. The molecule has 0 aromatic heterocycles. The van der Waals surface area contributed by atoms with Crippen molar-refractivity contribution >= 4 is 35.6 Å². The van der Waals surface area contributed by atoms with E-state index in [4.69, 9.17) is 21.1 Å². The van der Waals surface area contributed by atoms with Crippen LogP contribution in [0.3, 0.4) is 0 Å². The number of nitrogens with two attached hydrogens (primary N) is 1. The summed E-state index contributed by atoms with van der Waals surface area (Å²) in [5.74, 6) is -7.83. The topological polar surface area (TPSA) is 225 Å². The van der Waals surface area contributed by atoms with Crippen LogP contribution in [0.4, 0.5) is 0 Å². The molecule has 0 aliphatic rings. The van der Waals surface area contributed by atoms with Crippen LogP contribution in [-0.2, 0) is 28.8 Å². The van der Waals surface area contributed by atoms with E-state index in [-0.39, 0.29) is 5.92 Å². The van der Waals surface area contributed by atoms with Gasteiger partial charge in [-0.05, 0) is 11.8 Å². The molecule has 13 nitrogen and oxygen atoms in total. The molecule has 188 valence electrons. The van der Waals surface area contributed by atoms with E-state index in [1.165, 1.54) is 0 Å². The van der Waals surface area contributed by atoms with Crippen LogP contribution < -0.4 is 21.7 Å². The van der Waals surface area contributed by atoms with Gasteiger partial charge >= 0.3 is 17.9 Å². The van der Waals surface area contributed by atoms with E-state index in [9.17, 15) is 28.8 Å². The highest BCUT2D eigenvalue weighted by atomic mass is 16.4. The Hall–Kier alpha value is -3.22. The number of hydrogen-bond donors (Lipinski definition) is 7. The highest BCUT2D eigenvalue weighted by Crippen LogP contribution is 2.11. The summed E-state index contributed by atoms with van der Waals surface area (Å²) in [6.07, 6.45) is -0.776. The van der Waals surface area contributed by atoms with Gasteiger partial charge in [0.05, 0.1) is 18.9 Å². The lowest BCUT2D eigenvalue weighted by molar-refractivity contribution is -0.148. The van der Waals surface area contributed by atoms with Gasteiger partial charge in [0.1, 0.15) is 18.1 Å². The number of rotatable bonds is 15. The van der Waals surface area contributed by atoms with Crippen molar-refractivity contribution in [2.75, 3.05) is 0 Å². The van der Waals surface area contributed by atoms with E-state index in [0.29, 0.717) is 12.8 Å². The Morgan fingerprint density at radius 2 is 1.15 bits per heavy atom. The van der Waals surface area contributed by atoms with Crippen LogP contribution in [0.5, 0.6) is 0 Å². The molecule has 0 saturated carbocycles. The number of carbonyl (C=O) groups excluding carboxylic acids is 3. The molecule has 0 spiro atoms. The Morgan fingerprint density at radius 1 is 0.697 bits per heavy atom. The van der Waals surface area contributed by atoms with Gasteiger partial charge in [-0.15, -0.1) is 0 Å². The van der Waals surface area contributed by atoms with Crippen LogP contribution in [0.15, 0.2) is 0 Å². The Labute approximate surface area is 191 Å². The molecule has 33 heavy (non-hydrogen) atoms. The van der Waals surface area contributed by atoms with Crippen molar-refractivity contribution in [1.29, 1.82) is 0 Å². The zero-order valence-electron chi connectivity index (χ0n) is 19.2. The molecule has 0 radical (unpaired) electrons. The standard InChI is InChI=1S/C20H34N4O9/c1-5-9(3)15(21)18(30)24-16(10(4)6-2)19(31)22-11(7-13(25)26)17(29)23-12(20(32)33)8-14(27)28/h9-12,15-16H,5-8,21H2,1-4H3,(H,22,31)(H,23,29)(H,24,30)(H,25,26)(H,27,28)(H,32,33). The van der Waals surface area contributed by atoms with E-state index >= 15 is 0 Å². The third kappa shape index (κ3) is 10.3. The van der Waals surface area contributed by atoms with Crippen molar-refractivity contribution in [1.82, 2.24) is 16.0 Å². The first-order valence-electron chi connectivity index (χ1n) is 10.6. The lowest BCUT2D eigenvalue weighted by Crippen LogP contribution is -2.59. The summed E-state index contributed by atoms with van der Waals surface area (Å²) in [4.78, 5) is 71.1. The third-order valence-corrected chi connectivity index (χ3v) is 5.36. The van der Waals surface area contributed by atoms with Crippen LogP contribution in [0.2, 0.25) is 0 Å². The van der Waals surface area contributed by atoms with Gasteiger partial charge in [0.15, 0.2) is 0 Å². The molecule has 6 atom stereocenters. The van der Waals surface area contributed by atoms with Crippen molar-refractivity contribution in [3.63, 3.8) is 0 Å². The molecule has 0 bridgehead atoms. The molecule has 13 heteroatoms. The number of aliphatic carboxylic acids is 3. The summed E-state index contributed by atoms with van der Waals surface area (Å²) < 4.78 is 0. The zero-order valence-corrected chi connectivity index (χ0v) is 19.2. The summed E-state index contributed by atoms with van der Waals surface area (Å²) in [7, 11) is 0. The molecule has 0 aromatic carbocycles. The molecule has 0 heterocycles. The van der Waals surface area contributed by atoms with Crippen molar-refractivity contribution < 1.29 is 44.1 Å². The second-order valence-corrected chi connectivity index (χ2v) is 7.94. The largest absolute Gasteiger partial charge is 0.481 e. The second kappa shape index (κ2) is 14.0. The molecule has 0 aliphatic heterocycles. The lowest BCUT2D eigenvalue weighted by Gasteiger charge is -2.28. The summed E-state index contributed by atoms with van der Waals surface area (Å²) >= 11 is 0. The number of carboxylic acids is 3. The van der Waals surface area contributed by atoms with Crippen molar-refractivity contribution in [3.8, 4) is 0 Å². The van der Waals surface area contributed by atoms with E-state index in [1.807, 2.05) is 12.2 Å². The van der Waals surface area contributed by atoms with Gasteiger partial charge in [-0.3, -0.25) is 24.0 Å². The minimum absolute atomic E-state index is 0.168. The van der Waals surface area contributed by atoms with Gasteiger partial charge < -0.3 is 37.0 Å². The van der Waals surface area contributed by atoms with Gasteiger partial charge in [0.25, 0.3) is 0 Å². The number of amides is 3. The Bertz CT molecular complexity index is 743. The highest BCUT2D eigenvalue weighted by Gasteiger charge is 2.34. The van der Waals surface area contributed by atoms with Gasteiger partial charge in [-0.1, -0.05) is 40.5 Å². The molecule has 8 N–H and O–H groups in total. The number of hydrogen-bond acceptors (Lipinski definition) is 7. The molecule has 3 amide bonds. The monoisotopic (exact) mass is 474 g/mol. The fraction of sp³-hybridized carbons (Fsp3) is 0.700. The van der Waals surface area contributed by atoms with Crippen LogP contribution in [-0.4, -0.2) is 75.1 Å². The normalized spacial score (nSPS) is 16.3. The molecule has 0 aromatic rings. The van der Waals surface area contributed by atoms with Gasteiger partial charge in [-0.2, -0.15) is 0 Å².